The second kappa shape index (κ2) is 5.69. The van der Waals surface area contributed by atoms with Crippen LogP contribution in [-0.2, 0) is 0 Å². The summed E-state index contributed by atoms with van der Waals surface area (Å²) in [6.07, 6.45) is 0. The first-order chi connectivity index (χ1) is 9.81. The predicted molar refractivity (Wildman–Crippen MR) is 84.5 cm³/mol. The fourth-order valence-corrected chi connectivity index (χ4v) is 2.34. The Balaban J connectivity index is 2.47. The minimum atomic E-state index is -0.931. The number of benzene rings is 1. The Bertz CT molecular complexity index is 662. The molecule has 0 unspecified atom stereocenters. The van der Waals surface area contributed by atoms with Crippen LogP contribution in [0.25, 0.3) is 10.9 Å². The van der Waals surface area contributed by atoms with Crippen LogP contribution in [0, 0.1) is 0 Å². The van der Waals surface area contributed by atoms with Gasteiger partial charge in [-0.05, 0) is 26.0 Å². The molecule has 1 heterocycles. The lowest BCUT2D eigenvalue weighted by Crippen LogP contribution is -2.39. The standard InChI is InChI=1S/C16H21N3O2/c1-16(2,21)10-19(4)15(20)12-9-14(17-3)18-13-8-6-5-7-11(12)13/h5-9,21H,10H2,1-4H3,(H,17,18). The SMILES string of the molecule is CNc1cc(C(=O)N(C)CC(C)(C)O)c2ccccc2n1. The first-order valence-electron chi connectivity index (χ1n) is 6.87. The van der Waals surface area contributed by atoms with E-state index in [1.54, 1.807) is 34.0 Å². The summed E-state index contributed by atoms with van der Waals surface area (Å²) in [5.41, 5.74) is 0.417. The van der Waals surface area contributed by atoms with Crippen LogP contribution in [0.15, 0.2) is 30.3 Å². The highest BCUT2D eigenvalue weighted by molar-refractivity contribution is 6.06. The van der Waals surface area contributed by atoms with Crippen LogP contribution >= 0.6 is 0 Å². The van der Waals surface area contributed by atoms with Crippen molar-refractivity contribution in [3.8, 4) is 0 Å². The number of hydrogen-bond donors (Lipinski definition) is 2. The van der Waals surface area contributed by atoms with Crippen LogP contribution in [0.5, 0.6) is 0 Å². The van der Waals surface area contributed by atoms with Gasteiger partial charge < -0.3 is 15.3 Å². The number of amides is 1. The average Bonchev–Trinajstić information content (AvgIpc) is 2.43. The van der Waals surface area contributed by atoms with E-state index in [4.69, 9.17) is 0 Å². The van der Waals surface area contributed by atoms with Crippen molar-refractivity contribution in [3.63, 3.8) is 0 Å². The molecule has 0 aliphatic carbocycles. The van der Waals surface area contributed by atoms with Gasteiger partial charge in [-0.1, -0.05) is 18.2 Å². The highest BCUT2D eigenvalue weighted by Crippen LogP contribution is 2.22. The molecule has 0 saturated carbocycles. The van der Waals surface area contributed by atoms with E-state index in [9.17, 15) is 9.90 Å². The molecule has 0 radical (unpaired) electrons. The number of para-hydroxylation sites is 1. The zero-order valence-electron chi connectivity index (χ0n) is 12.8. The number of aromatic nitrogens is 1. The summed E-state index contributed by atoms with van der Waals surface area (Å²) < 4.78 is 0. The van der Waals surface area contributed by atoms with Crippen molar-refractivity contribution in [2.75, 3.05) is 26.0 Å². The Hall–Kier alpha value is -2.14. The van der Waals surface area contributed by atoms with Gasteiger partial charge in [0.05, 0.1) is 16.7 Å². The summed E-state index contributed by atoms with van der Waals surface area (Å²) in [5.74, 6) is 0.515. The van der Waals surface area contributed by atoms with Crippen LogP contribution in [0.2, 0.25) is 0 Å². The zero-order valence-corrected chi connectivity index (χ0v) is 12.8. The van der Waals surface area contributed by atoms with E-state index in [-0.39, 0.29) is 12.5 Å². The number of pyridine rings is 1. The third-order valence-corrected chi connectivity index (χ3v) is 3.17. The highest BCUT2D eigenvalue weighted by Gasteiger charge is 2.22. The van der Waals surface area contributed by atoms with E-state index in [2.05, 4.69) is 10.3 Å². The first kappa shape index (κ1) is 15.3. The van der Waals surface area contributed by atoms with Gasteiger partial charge in [-0.2, -0.15) is 0 Å². The van der Waals surface area contributed by atoms with Crippen molar-refractivity contribution >= 4 is 22.6 Å². The molecule has 2 N–H and O–H groups in total. The summed E-state index contributed by atoms with van der Waals surface area (Å²) in [6, 6.07) is 9.28. The Labute approximate surface area is 124 Å². The van der Waals surface area contributed by atoms with Crippen molar-refractivity contribution in [1.82, 2.24) is 9.88 Å². The van der Waals surface area contributed by atoms with Gasteiger partial charge in [-0.3, -0.25) is 4.79 Å². The number of anilines is 1. The van der Waals surface area contributed by atoms with Crippen molar-refractivity contribution in [1.29, 1.82) is 0 Å². The smallest absolute Gasteiger partial charge is 0.254 e. The minimum Gasteiger partial charge on any atom is -0.389 e. The molecule has 0 aliphatic rings. The van der Waals surface area contributed by atoms with Crippen molar-refractivity contribution in [2.45, 2.75) is 19.4 Å². The van der Waals surface area contributed by atoms with Crippen LogP contribution in [0.3, 0.4) is 0 Å². The second-order valence-corrected chi connectivity index (χ2v) is 5.80. The molecule has 0 fully saturated rings. The molecule has 1 aromatic carbocycles. The molecular formula is C16H21N3O2. The third kappa shape index (κ3) is 3.49. The Morgan fingerprint density at radius 1 is 1.38 bits per heavy atom. The van der Waals surface area contributed by atoms with Gasteiger partial charge in [0.15, 0.2) is 0 Å². The summed E-state index contributed by atoms with van der Waals surface area (Å²) in [4.78, 5) is 18.6. The van der Waals surface area contributed by atoms with Gasteiger partial charge in [-0.15, -0.1) is 0 Å². The molecule has 21 heavy (non-hydrogen) atoms. The molecule has 0 atom stereocenters. The van der Waals surface area contributed by atoms with Gasteiger partial charge in [0, 0.05) is 26.0 Å². The highest BCUT2D eigenvalue weighted by atomic mass is 16.3. The Morgan fingerprint density at radius 3 is 2.67 bits per heavy atom. The van der Waals surface area contributed by atoms with Gasteiger partial charge in [-0.25, -0.2) is 4.98 Å². The molecule has 0 bridgehead atoms. The zero-order chi connectivity index (χ0) is 15.6. The first-order valence-corrected chi connectivity index (χ1v) is 6.87. The fraction of sp³-hybridized carbons (Fsp3) is 0.375. The number of nitrogens with one attached hydrogen (secondary N) is 1. The molecule has 2 aromatic rings. The third-order valence-electron chi connectivity index (χ3n) is 3.17. The molecule has 0 saturated heterocycles. The molecular weight excluding hydrogens is 266 g/mol. The van der Waals surface area contributed by atoms with Gasteiger partial charge in [0.2, 0.25) is 0 Å². The second-order valence-electron chi connectivity index (χ2n) is 5.80. The molecule has 5 nitrogen and oxygen atoms in total. The van der Waals surface area contributed by atoms with E-state index >= 15 is 0 Å². The predicted octanol–water partition coefficient (Wildman–Crippen LogP) is 2.12. The summed E-state index contributed by atoms with van der Waals surface area (Å²) >= 11 is 0. The van der Waals surface area contributed by atoms with E-state index in [0.29, 0.717) is 11.4 Å². The normalized spacial score (nSPS) is 11.5. The minimum absolute atomic E-state index is 0.132. The van der Waals surface area contributed by atoms with Crippen LogP contribution in [0.4, 0.5) is 5.82 Å². The molecule has 1 aromatic heterocycles. The maximum Gasteiger partial charge on any atom is 0.254 e. The van der Waals surface area contributed by atoms with E-state index in [1.165, 1.54) is 4.90 Å². The van der Waals surface area contributed by atoms with E-state index in [1.807, 2.05) is 24.3 Å². The number of nitrogens with zero attached hydrogens (tertiary/aromatic N) is 2. The van der Waals surface area contributed by atoms with Crippen molar-refractivity contribution < 1.29 is 9.90 Å². The van der Waals surface area contributed by atoms with Crippen LogP contribution in [-0.4, -0.2) is 47.1 Å². The van der Waals surface area contributed by atoms with E-state index < -0.39 is 5.60 Å². The number of aliphatic hydroxyl groups is 1. The maximum absolute atomic E-state index is 12.7. The largest absolute Gasteiger partial charge is 0.389 e. The molecule has 0 spiro atoms. The Morgan fingerprint density at radius 2 is 2.05 bits per heavy atom. The number of fused-ring (bicyclic) bond motifs is 1. The Kier molecular flexibility index (Phi) is 4.14. The molecule has 5 heteroatoms. The summed E-state index contributed by atoms with van der Waals surface area (Å²) in [7, 11) is 3.46. The molecule has 1 amide bonds. The fourth-order valence-electron chi connectivity index (χ4n) is 2.34. The molecule has 0 aliphatic heterocycles. The number of carbonyl (C=O) groups is 1. The lowest BCUT2D eigenvalue weighted by atomic mass is 10.1. The lowest BCUT2D eigenvalue weighted by Gasteiger charge is -2.26. The van der Waals surface area contributed by atoms with Gasteiger partial charge >= 0.3 is 0 Å². The van der Waals surface area contributed by atoms with Gasteiger partial charge in [0.25, 0.3) is 5.91 Å². The summed E-state index contributed by atoms with van der Waals surface area (Å²) in [5, 5.41) is 13.7. The molecule has 112 valence electrons. The average molecular weight is 287 g/mol. The summed E-state index contributed by atoms with van der Waals surface area (Å²) in [6.45, 7) is 3.62. The quantitative estimate of drug-likeness (QED) is 0.904. The van der Waals surface area contributed by atoms with Crippen molar-refractivity contribution in [3.05, 3.63) is 35.9 Å². The topological polar surface area (TPSA) is 65.5 Å². The van der Waals surface area contributed by atoms with Crippen LogP contribution in [0.1, 0.15) is 24.2 Å². The number of hydrogen-bond acceptors (Lipinski definition) is 4. The van der Waals surface area contributed by atoms with Crippen LogP contribution < -0.4 is 5.32 Å². The number of likely N-dealkylation sites (N-methyl/N-ethyl adjacent to an activating group) is 1. The van der Waals surface area contributed by atoms with E-state index in [0.717, 1.165) is 10.9 Å². The lowest BCUT2D eigenvalue weighted by molar-refractivity contribution is 0.0369. The maximum atomic E-state index is 12.7. The number of rotatable bonds is 4. The number of carbonyl (C=O) groups excluding carboxylic acids is 1. The molecule has 2 rings (SSSR count). The van der Waals surface area contributed by atoms with Gasteiger partial charge in [0.1, 0.15) is 5.82 Å². The van der Waals surface area contributed by atoms with Crippen molar-refractivity contribution in [2.24, 2.45) is 0 Å². The monoisotopic (exact) mass is 287 g/mol.